The lowest BCUT2D eigenvalue weighted by molar-refractivity contribution is 0.0514. The van der Waals surface area contributed by atoms with Gasteiger partial charge in [0.05, 0.1) is 12.2 Å². The van der Waals surface area contributed by atoms with E-state index in [2.05, 4.69) is 5.32 Å². The number of ether oxygens (including phenoxy) is 1. The lowest BCUT2D eigenvalue weighted by Crippen LogP contribution is -2.14. The second kappa shape index (κ2) is 6.86. The van der Waals surface area contributed by atoms with E-state index in [1.165, 1.54) is 6.07 Å². The smallest absolute Gasteiger partial charge is 0.355 e. The number of hydrogen-bond acceptors (Lipinski definition) is 3. The van der Waals surface area contributed by atoms with Crippen LogP contribution in [0.3, 0.4) is 0 Å². The quantitative estimate of drug-likeness (QED) is 0.872. The Labute approximate surface area is 140 Å². The maximum absolute atomic E-state index is 13.6. The molecule has 24 heavy (non-hydrogen) atoms. The van der Waals surface area contributed by atoms with Crippen LogP contribution >= 0.6 is 0 Å². The Morgan fingerprint density at radius 3 is 2.50 bits per heavy atom. The fraction of sp³-hybridized carbons (Fsp3) is 0.333. The number of hydrogen-bond donors (Lipinski definition) is 1. The van der Waals surface area contributed by atoms with Crippen molar-refractivity contribution in [3.63, 3.8) is 0 Å². The van der Waals surface area contributed by atoms with Crippen LogP contribution in [0.2, 0.25) is 0 Å². The number of carbonyl (C=O) groups is 2. The Morgan fingerprint density at radius 2 is 1.92 bits per heavy atom. The molecule has 0 saturated heterocycles. The van der Waals surface area contributed by atoms with Crippen LogP contribution in [0.25, 0.3) is 0 Å². The third-order valence-corrected chi connectivity index (χ3v) is 4.06. The van der Waals surface area contributed by atoms with Crippen LogP contribution in [0.1, 0.15) is 44.6 Å². The van der Waals surface area contributed by atoms with Crippen molar-refractivity contribution in [3.05, 3.63) is 52.1 Å². The van der Waals surface area contributed by atoms with Gasteiger partial charge >= 0.3 is 5.97 Å². The molecule has 128 valence electrons. The summed E-state index contributed by atoms with van der Waals surface area (Å²) < 4.78 is 20.3. The van der Waals surface area contributed by atoms with Gasteiger partial charge in [-0.1, -0.05) is 6.07 Å². The summed E-state index contributed by atoms with van der Waals surface area (Å²) in [5, 5.41) is 2.68. The minimum absolute atomic E-state index is 0.257. The predicted octanol–water partition coefficient (Wildman–Crippen LogP) is 3.52. The molecule has 1 heterocycles. The number of anilines is 1. The second-order valence-corrected chi connectivity index (χ2v) is 5.63. The van der Waals surface area contributed by atoms with Crippen molar-refractivity contribution < 1.29 is 18.7 Å². The predicted molar refractivity (Wildman–Crippen MR) is 89.9 cm³/mol. The molecule has 2 aromatic rings. The van der Waals surface area contributed by atoms with Gasteiger partial charge in [0.2, 0.25) is 0 Å². The summed E-state index contributed by atoms with van der Waals surface area (Å²) in [6.45, 7) is 7.08. The van der Waals surface area contributed by atoms with E-state index >= 15 is 0 Å². The molecule has 5 nitrogen and oxygen atoms in total. The van der Waals surface area contributed by atoms with Crippen molar-refractivity contribution in [3.8, 4) is 0 Å². The molecule has 0 unspecified atom stereocenters. The number of nitrogens with one attached hydrogen (secondary N) is 1. The zero-order valence-electron chi connectivity index (χ0n) is 14.5. The van der Waals surface area contributed by atoms with Crippen molar-refractivity contribution >= 4 is 17.6 Å². The van der Waals surface area contributed by atoms with Crippen molar-refractivity contribution in [1.82, 2.24) is 4.57 Å². The van der Waals surface area contributed by atoms with Crippen LogP contribution < -0.4 is 5.32 Å². The van der Waals surface area contributed by atoms with Crippen LogP contribution in [0.15, 0.2) is 18.2 Å². The van der Waals surface area contributed by atoms with Gasteiger partial charge in [0.25, 0.3) is 5.91 Å². The number of esters is 1. The highest BCUT2D eigenvalue weighted by Crippen LogP contribution is 2.23. The van der Waals surface area contributed by atoms with E-state index < -0.39 is 5.97 Å². The molecule has 0 aliphatic carbocycles. The molecule has 1 aromatic heterocycles. The average Bonchev–Trinajstić information content (AvgIpc) is 2.73. The molecule has 1 N–H and O–H groups in total. The molecule has 0 saturated carbocycles. The second-order valence-electron chi connectivity index (χ2n) is 5.63. The van der Waals surface area contributed by atoms with Crippen molar-refractivity contribution in [2.24, 2.45) is 7.05 Å². The van der Waals surface area contributed by atoms with Crippen molar-refractivity contribution in [2.75, 3.05) is 11.9 Å². The topological polar surface area (TPSA) is 60.3 Å². The number of rotatable bonds is 4. The largest absolute Gasteiger partial charge is 0.461 e. The normalized spacial score (nSPS) is 10.6. The summed E-state index contributed by atoms with van der Waals surface area (Å²) in [7, 11) is 1.71. The monoisotopic (exact) mass is 332 g/mol. The van der Waals surface area contributed by atoms with Gasteiger partial charge in [-0.05, 0) is 51.0 Å². The molecule has 0 aliphatic rings. The number of aromatic nitrogens is 1. The van der Waals surface area contributed by atoms with Crippen LogP contribution in [0.4, 0.5) is 10.1 Å². The zero-order chi connectivity index (χ0) is 18.0. The van der Waals surface area contributed by atoms with Crippen LogP contribution in [0, 0.1) is 26.6 Å². The third kappa shape index (κ3) is 3.18. The molecular formula is C18H21FN2O3. The standard InChI is InChI=1S/C18H21FN2O3/c1-6-24-18(23)16-11(3)15(12(4)21(16)5)17(22)20-13-8-7-10(2)14(19)9-13/h7-9H,6H2,1-5H3,(H,20,22). The van der Waals surface area contributed by atoms with Gasteiger partial charge in [-0.3, -0.25) is 4.79 Å². The van der Waals surface area contributed by atoms with Gasteiger partial charge < -0.3 is 14.6 Å². The van der Waals surface area contributed by atoms with Gasteiger partial charge in [0.1, 0.15) is 11.5 Å². The SMILES string of the molecule is CCOC(=O)c1c(C)c(C(=O)Nc2ccc(C)c(F)c2)c(C)n1C. The molecule has 0 bridgehead atoms. The maximum atomic E-state index is 13.6. The van der Waals surface area contributed by atoms with Crippen LogP contribution in [0.5, 0.6) is 0 Å². The highest BCUT2D eigenvalue weighted by atomic mass is 19.1. The lowest BCUT2D eigenvalue weighted by atomic mass is 10.1. The number of amides is 1. The summed E-state index contributed by atoms with van der Waals surface area (Å²) >= 11 is 0. The van der Waals surface area contributed by atoms with E-state index in [9.17, 15) is 14.0 Å². The summed E-state index contributed by atoms with van der Waals surface area (Å²) in [6, 6.07) is 4.50. The van der Waals surface area contributed by atoms with E-state index in [0.717, 1.165) is 0 Å². The molecule has 0 radical (unpaired) electrons. The molecular weight excluding hydrogens is 311 g/mol. The van der Waals surface area contributed by atoms with Gasteiger partial charge in [0, 0.05) is 18.4 Å². The average molecular weight is 332 g/mol. The van der Waals surface area contributed by atoms with Gasteiger partial charge in [-0.15, -0.1) is 0 Å². The van der Waals surface area contributed by atoms with E-state index in [1.54, 1.807) is 51.4 Å². The molecule has 0 spiro atoms. The highest BCUT2D eigenvalue weighted by molar-refractivity contribution is 6.08. The van der Waals surface area contributed by atoms with Crippen molar-refractivity contribution in [2.45, 2.75) is 27.7 Å². The summed E-state index contributed by atoms with van der Waals surface area (Å²) in [5.41, 5.74) is 2.78. The number of aryl methyl sites for hydroxylation is 1. The van der Waals surface area contributed by atoms with Gasteiger partial charge in [0.15, 0.2) is 0 Å². The number of nitrogens with zero attached hydrogens (tertiary/aromatic N) is 1. The fourth-order valence-electron chi connectivity index (χ4n) is 2.67. The van der Waals surface area contributed by atoms with E-state index in [1.807, 2.05) is 0 Å². The molecule has 1 amide bonds. The molecule has 0 fully saturated rings. The maximum Gasteiger partial charge on any atom is 0.355 e. The molecule has 0 aliphatic heterocycles. The van der Waals surface area contributed by atoms with E-state index in [-0.39, 0.29) is 18.3 Å². The Morgan fingerprint density at radius 1 is 1.25 bits per heavy atom. The minimum Gasteiger partial charge on any atom is -0.461 e. The first-order valence-electron chi connectivity index (χ1n) is 7.68. The first-order chi connectivity index (χ1) is 11.3. The fourth-order valence-corrected chi connectivity index (χ4v) is 2.67. The Hall–Kier alpha value is -2.63. The molecule has 2 rings (SSSR count). The first kappa shape index (κ1) is 17.7. The molecule has 6 heteroatoms. The Balaban J connectivity index is 2.37. The summed E-state index contributed by atoms with van der Waals surface area (Å²) in [5.74, 6) is -1.25. The van der Waals surface area contributed by atoms with Crippen LogP contribution in [-0.2, 0) is 11.8 Å². The summed E-state index contributed by atoms with van der Waals surface area (Å²) in [4.78, 5) is 24.7. The number of benzene rings is 1. The van der Waals surface area contributed by atoms with Crippen LogP contribution in [-0.4, -0.2) is 23.1 Å². The lowest BCUT2D eigenvalue weighted by Gasteiger charge is -2.07. The first-order valence-corrected chi connectivity index (χ1v) is 7.68. The third-order valence-electron chi connectivity index (χ3n) is 4.06. The number of halogens is 1. The minimum atomic E-state index is -0.471. The summed E-state index contributed by atoms with van der Waals surface area (Å²) in [6.07, 6.45) is 0. The van der Waals surface area contributed by atoms with Gasteiger partial charge in [-0.25, -0.2) is 9.18 Å². The van der Waals surface area contributed by atoms with Crippen molar-refractivity contribution in [1.29, 1.82) is 0 Å². The van der Waals surface area contributed by atoms with E-state index in [0.29, 0.717) is 33.8 Å². The molecule has 0 atom stereocenters. The highest BCUT2D eigenvalue weighted by Gasteiger charge is 2.25. The Bertz CT molecular complexity index is 809. The number of carbonyl (C=O) groups excluding carboxylic acids is 2. The Kier molecular flexibility index (Phi) is 5.07. The van der Waals surface area contributed by atoms with Gasteiger partial charge in [-0.2, -0.15) is 0 Å². The molecule has 1 aromatic carbocycles. The zero-order valence-corrected chi connectivity index (χ0v) is 14.5. The van der Waals surface area contributed by atoms with E-state index in [4.69, 9.17) is 4.74 Å².